The second-order valence-corrected chi connectivity index (χ2v) is 5.09. The summed E-state index contributed by atoms with van der Waals surface area (Å²) in [6.45, 7) is 0. The number of benzene rings is 2. The van der Waals surface area contributed by atoms with Gasteiger partial charge in [0.1, 0.15) is 17.4 Å². The minimum Gasteiger partial charge on any atom is -0.497 e. The fraction of sp³-hybridized carbons (Fsp3) is 0.105. The summed E-state index contributed by atoms with van der Waals surface area (Å²) >= 11 is 0. The average Bonchev–Trinajstić information content (AvgIpc) is 2.63. The summed E-state index contributed by atoms with van der Waals surface area (Å²) in [6, 6.07) is 17.8. The molecule has 0 bridgehead atoms. The molecule has 126 valence electrons. The van der Waals surface area contributed by atoms with Gasteiger partial charge in [0.25, 0.3) is 5.91 Å². The van der Waals surface area contributed by atoms with E-state index in [9.17, 15) is 9.59 Å². The van der Waals surface area contributed by atoms with Crippen LogP contribution in [0.2, 0.25) is 0 Å². The van der Waals surface area contributed by atoms with Gasteiger partial charge in [-0.15, -0.1) is 0 Å². The molecule has 0 saturated carbocycles. The molecule has 0 spiro atoms. The first-order valence-corrected chi connectivity index (χ1v) is 7.51. The SMILES string of the molecule is COc1cccc(N/C=C(\C#N)C(=O)NC(=O)Cc2ccccc2)c1. The van der Waals surface area contributed by atoms with Crippen molar-refractivity contribution in [2.75, 3.05) is 12.4 Å². The molecule has 0 aliphatic heterocycles. The van der Waals surface area contributed by atoms with E-state index in [4.69, 9.17) is 10.00 Å². The van der Waals surface area contributed by atoms with E-state index < -0.39 is 11.8 Å². The Morgan fingerprint density at radius 2 is 1.92 bits per heavy atom. The Kier molecular flexibility index (Phi) is 6.32. The smallest absolute Gasteiger partial charge is 0.270 e. The lowest BCUT2D eigenvalue weighted by atomic mass is 10.1. The van der Waals surface area contributed by atoms with Gasteiger partial charge in [-0.25, -0.2) is 0 Å². The second kappa shape index (κ2) is 8.89. The first-order valence-electron chi connectivity index (χ1n) is 7.51. The molecule has 2 N–H and O–H groups in total. The number of nitrogens with zero attached hydrogens (tertiary/aromatic N) is 1. The minimum absolute atomic E-state index is 0.0641. The van der Waals surface area contributed by atoms with Gasteiger partial charge in [0, 0.05) is 18.0 Å². The molecule has 2 amide bonds. The second-order valence-electron chi connectivity index (χ2n) is 5.09. The molecule has 0 aliphatic carbocycles. The van der Waals surface area contributed by atoms with E-state index in [-0.39, 0.29) is 12.0 Å². The zero-order valence-corrected chi connectivity index (χ0v) is 13.7. The third-order valence-electron chi connectivity index (χ3n) is 3.28. The van der Waals surface area contributed by atoms with Gasteiger partial charge in [0.15, 0.2) is 0 Å². The van der Waals surface area contributed by atoms with E-state index in [0.29, 0.717) is 11.4 Å². The van der Waals surface area contributed by atoms with Crippen LogP contribution >= 0.6 is 0 Å². The zero-order chi connectivity index (χ0) is 18.1. The van der Waals surface area contributed by atoms with Gasteiger partial charge in [-0.05, 0) is 17.7 Å². The number of methoxy groups -OCH3 is 1. The normalized spacial score (nSPS) is 10.5. The number of amides is 2. The highest BCUT2D eigenvalue weighted by molar-refractivity contribution is 6.07. The number of hydrogen-bond donors (Lipinski definition) is 2. The number of carbonyl (C=O) groups excluding carboxylic acids is 2. The van der Waals surface area contributed by atoms with E-state index in [0.717, 1.165) is 5.56 Å². The van der Waals surface area contributed by atoms with Gasteiger partial charge in [0.2, 0.25) is 5.91 Å². The number of nitriles is 1. The monoisotopic (exact) mass is 335 g/mol. The van der Waals surface area contributed by atoms with Crippen LogP contribution in [0.3, 0.4) is 0 Å². The van der Waals surface area contributed by atoms with Crippen molar-refractivity contribution in [2.24, 2.45) is 0 Å². The van der Waals surface area contributed by atoms with Crippen LogP contribution in [0.15, 0.2) is 66.4 Å². The predicted molar refractivity (Wildman–Crippen MR) is 93.6 cm³/mol. The Morgan fingerprint density at radius 1 is 1.16 bits per heavy atom. The molecule has 0 heterocycles. The van der Waals surface area contributed by atoms with Gasteiger partial charge in [-0.2, -0.15) is 5.26 Å². The Labute approximate surface area is 145 Å². The van der Waals surface area contributed by atoms with Crippen LogP contribution in [0, 0.1) is 11.3 Å². The Morgan fingerprint density at radius 3 is 2.60 bits per heavy atom. The standard InChI is InChI=1S/C19H17N3O3/c1-25-17-9-5-8-16(11-17)21-13-15(12-20)19(24)22-18(23)10-14-6-3-2-4-7-14/h2-9,11,13,21H,10H2,1H3,(H,22,23,24)/b15-13+. The summed E-state index contributed by atoms with van der Waals surface area (Å²) in [5.41, 5.74) is 1.23. The topological polar surface area (TPSA) is 91.2 Å². The highest BCUT2D eigenvalue weighted by Gasteiger charge is 2.13. The maximum absolute atomic E-state index is 12.0. The molecule has 6 heteroatoms. The molecule has 0 atom stereocenters. The maximum atomic E-state index is 12.0. The van der Waals surface area contributed by atoms with E-state index in [1.54, 1.807) is 49.6 Å². The molecule has 0 radical (unpaired) electrons. The van der Waals surface area contributed by atoms with Gasteiger partial charge in [-0.3, -0.25) is 14.9 Å². The molecule has 0 aliphatic rings. The third-order valence-corrected chi connectivity index (χ3v) is 3.28. The molecule has 2 aromatic carbocycles. The highest BCUT2D eigenvalue weighted by Crippen LogP contribution is 2.16. The number of rotatable bonds is 6. The number of nitrogens with one attached hydrogen (secondary N) is 2. The maximum Gasteiger partial charge on any atom is 0.270 e. The van der Waals surface area contributed by atoms with Crippen molar-refractivity contribution in [3.8, 4) is 11.8 Å². The number of ether oxygens (including phenoxy) is 1. The first kappa shape index (κ1) is 17.8. The molecular weight excluding hydrogens is 318 g/mol. The van der Waals surface area contributed by atoms with Crippen LogP contribution in [-0.4, -0.2) is 18.9 Å². The fourth-order valence-electron chi connectivity index (χ4n) is 2.04. The van der Waals surface area contributed by atoms with Crippen molar-refractivity contribution in [1.82, 2.24) is 5.32 Å². The Hall–Kier alpha value is -3.59. The molecule has 6 nitrogen and oxygen atoms in total. The van der Waals surface area contributed by atoms with Crippen LogP contribution < -0.4 is 15.4 Å². The third kappa shape index (κ3) is 5.52. The summed E-state index contributed by atoms with van der Waals surface area (Å²) in [6.07, 6.45) is 1.31. The number of imide groups is 1. The summed E-state index contributed by atoms with van der Waals surface area (Å²) in [5.74, 6) is -0.586. The summed E-state index contributed by atoms with van der Waals surface area (Å²) in [5, 5.41) is 14.2. The molecule has 2 rings (SSSR count). The van der Waals surface area contributed by atoms with Crippen LogP contribution in [0.1, 0.15) is 5.56 Å². The van der Waals surface area contributed by atoms with Crippen LogP contribution in [0.4, 0.5) is 5.69 Å². The quantitative estimate of drug-likeness (QED) is 0.625. The van der Waals surface area contributed by atoms with E-state index in [2.05, 4.69) is 10.6 Å². The number of carbonyl (C=O) groups is 2. The lowest BCUT2D eigenvalue weighted by molar-refractivity contribution is -0.127. The summed E-state index contributed by atoms with van der Waals surface area (Å²) in [4.78, 5) is 23.9. The first-order chi connectivity index (χ1) is 12.1. The number of hydrogen-bond acceptors (Lipinski definition) is 5. The minimum atomic E-state index is -0.751. The van der Waals surface area contributed by atoms with E-state index in [1.165, 1.54) is 6.20 Å². The largest absolute Gasteiger partial charge is 0.497 e. The fourth-order valence-corrected chi connectivity index (χ4v) is 2.04. The van der Waals surface area contributed by atoms with Crippen LogP contribution in [0.25, 0.3) is 0 Å². The zero-order valence-electron chi connectivity index (χ0n) is 13.7. The molecule has 0 aromatic heterocycles. The van der Waals surface area contributed by atoms with Crippen molar-refractivity contribution in [2.45, 2.75) is 6.42 Å². The Balaban J connectivity index is 1.97. The highest BCUT2D eigenvalue weighted by atomic mass is 16.5. The van der Waals surface area contributed by atoms with Crippen molar-refractivity contribution >= 4 is 17.5 Å². The Bertz CT molecular complexity index is 823. The van der Waals surface area contributed by atoms with Gasteiger partial charge in [-0.1, -0.05) is 36.4 Å². The lowest BCUT2D eigenvalue weighted by Crippen LogP contribution is -2.32. The number of anilines is 1. The van der Waals surface area contributed by atoms with Crippen molar-refractivity contribution in [1.29, 1.82) is 5.26 Å². The van der Waals surface area contributed by atoms with Gasteiger partial charge < -0.3 is 10.1 Å². The predicted octanol–water partition coefficient (Wildman–Crippen LogP) is 2.40. The molecule has 25 heavy (non-hydrogen) atoms. The van der Waals surface area contributed by atoms with Gasteiger partial charge in [0.05, 0.1) is 13.5 Å². The lowest BCUT2D eigenvalue weighted by Gasteiger charge is -2.06. The molecule has 2 aromatic rings. The molecule has 0 saturated heterocycles. The molecule has 0 fully saturated rings. The summed E-state index contributed by atoms with van der Waals surface area (Å²) in [7, 11) is 1.54. The molecular formula is C19H17N3O3. The van der Waals surface area contributed by atoms with Crippen LogP contribution in [0.5, 0.6) is 5.75 Å². The van der Waals surface area contributed by atoms with Crippen LogP contribution in [-0.2, 0) is 16.0 Å². The van der Waals surface area contributed by atoms with Crippen molar-refractivity contribution in [3.63, 3.8) is 0 Å². The van der Waals surface area contributed by atoms with E-state index in [1.807, 2.05) is 18.2 Å². The van der Waals surface area contributed by atoms with Gasteiger partial charge >= 0.3 is 0 Å². The van der Waals surface area contributed by atoms with Crippen molar-refractivity contribution in [3.05, 3.63) is 71.9 Å². The summed E-state index contributed by atoms with van der Waals surface area (Å²) < 4.78 is 5.10. The average molecular weight is 335 g/mol. The van der Waals surface area contributed by atoms with E-state index >= 15 is 0 Å². The van der Waals surface area contributed by atoms with Crippen molar-refractivity contribution < 1.29 is 14.3 Å². The molecule has 0 unspecified atom stereocenters.